The molecule has 4 heteroatoms. The molecule has 0 aliphatic heterocycles. The Morgan fingerprint density at radius 1 is 1.64 bits per heavy atom. The topological polar surface area (TPSA) is 49.3 Å². The van der Waals surface area contributed by atoms with Crippen molar-refractivity contribution in [2.75, 3.05) is 6.61 Å². The Morgan fingerprint density at radius 2 is 2.36 bits per heavy atom. The third-order valence-corrected chi connectivity index (χ3v) is 2.41. The third-order valence-electron chi connectivity index (χ3n) is 1.74. The molecule has 1 atom stereocenters. The van der Waals surface area contributed by atoms with E-state index in [1.54, 1.807) is 19.1 Å². The first-order chi connectivity index (χ1) is 6.63. The van der Waals surface area contributed by atoms with Gasteiger partial charge in [0.15, 0.2) is 0 Å². The highest BCUT2D eigenvalue weighted by molar-refractivity contribution is 14.1. The number of aliphatic hydroxyl groups excluding tert-OH is 1. The molecule has 0 unspecified atom stereocenters. The maximum absolute atomic E-state index is 11.5. The molecule has 0 saturated heterocycles. The van der Waals surface area contributed by atoms with Crippen molar-refractivity contribution in [1.29, 1.82) is 0 Å². The first-order valence-corrected chi connectivity index (χ1v) is 5.38. The molecule has 14 heavy (non-hydrogen) atoms. The van der Waals surface area contributed by atoms with Gasteiger partial charge in [-0.05, 0) is 47.7 Å². The lowest BCUT2D eigenvalue weighted by molar-refractivity contribution is 0.0922. The predicted octanol–water partition coefficient (Wildman–Crippen LogP) is 1.40. The fourth-order valence-electron chi connectivity index (χ4n) is 0.982. The fraction of sp³-hybridized carbons (Fsp3) is 0.300. The Hall–Kier alpha value is -0.620. The summed E-state index contributed by atoms with van der Waals surface area (Å²) in [6.45, 7) is 1.71. The summed E-state index contributed by atoms with van der Waals surface area (Å²) < 4.78 is 1.02. The van der Waals surface area contributed by atoms with Crippen LogP contribution < -0.4 is 5.32 Å². The van der Waals surface area contributed by atoms with E-state index in [0.717, 1.165) is 3.57 Å². The molecule has 76 valence electrons. The van der Waals surface area contributed by atoms with Gasteiger partial charge in [0.25, 0.3) is 5.91 Å². The number of hydrogen-bond acceptors (Lipinski definition) is 2. The van der Waals surface area contributed by atoms with Gasteiger partial charge in [0.1, 0.15) is 0 Å². The first kappa shape index (κ1) is 11.5. The summed E-state index contributed by atoms with van der Waals surface area (Å²) >= 11 is 2.15. The monoisotopic (exact) mass is 305 g/mol. The Balaban J connectivity index is 2.70. The van der Waals surface area contributed by atoms with Gasteiger partial charge >= 0.3 is 0 Å². The number of carbonyl (C=O) groups excluding carboxylic acids is 1. The van der Waals surface area contributed by atoms with E-state index in [0.29, 0.717) is 5.56 Å². The van der Waals surface area contributed by atoms with E-state index in [4.69, 9.17) is 5.11 Å². The van der Waals surface area contributed by atoms with Gasteiger partial charge in [-0.1, -0.05) is 6.07 Å². The number of amides is 1. The Bertz CT molecular complexity index is 328. The van der Waals surface area contributed by atoms with Gasteiger partial charge in [0, 0.05) is 15.2 Å². The predicted molar refractivity (Wildman–Crippen MR) is 63.2 cm³/mol. The minimum absolute atomic E-state index is 0.0460. The average molecular weight is 305 g/mol. The zero-order valence-corrected chi connectivity index (χ0v) is 9.98. The van der Waals surface area contributed by atoms with Crippen LogP contribution >= 0.6 is 22.6 Å². The average Bonchev–Trinajstić information content (AvgIpc) is 2.17. The minimum atomic E-state index is -0.208. The van der Waals surface area contributed by atoms with Crippen molar-refractivity contribution in [2.24, 2.45) is 0 Å². The van der Waals surface area contributed by atoms with E-state index >= 15 is 0 Å². The van der Waals surface area contributed by atoms with E-state index in [1.807, 2.05) is 12.1 Å². The summed E-state index contributed by atoms with van der Waals surface area (Å²) in [5.41, 5.74) is 0.622. The molecule has 1 aromatic carbocycles. The van der Waals surface area contributed by atoms with Crippen molar-refractivity contribution in [3.05, 3.63) is 33.4 Å². The van der Waals surface area contributed by atoms with Crippen molar-refractivity contribution < 1.29 is 9.90 Å². The van der Waals surface area contributed by atoms with Crippen LogP contribution in [0.1, 0.15) is 17.3 Å². The smallest absolute Gasteiger partial charge is 0.251 e. The summed E-state index contributed by atoms with van der Waals surface area (Å²) in [5.74, 6) is -0.148. The van der Waals surface area contributed by atoms with Crippen molar-refractivity contribution >= 4 is 28.5 Å². The zero-order chi connectivity index (χ0) is 10.6. The van der Waals surface area contributed by atoms with Crippen LogP contribution in [-0.4, -0.2) is 23.7 Å². The molecule has 1 rings (SSSR count). The molecule has 0 radical (unpaired) electrons. The van der Waals surface area contributed by atoms with Gasteiger partial charge in [-0.25, -0.2) is 0 Å². The van der Waals surface area contributed by atoms with Crippen LogP contribution in [0, 0.1) is 3.57 Å². The SMILES string of the molecule is C[C@@H](CO)NC(=O)c1cccc(I)c1. The lowest BCUT2D eigenvalue weighted by atomic mass is 10.2. The van der Waals surface area contributed by atoms with E-state index < -0.39 is 0 Å². The number of carbonyl (C=O) groups is 1. The van der Waals surface area contributed by atoms with Gasteiger partial charge in [0.2, 0.25) is 0 Å². The molecule has 0 bridgehead atoms. The third kappa shape index (κ3) is 3.26. The highest BCUT2D eigenvalue weighted by atomic mass is 127. The number of benzene rings is 1. The molecule has 1 aromatic rings. The second kappa shape index (κ2) is 5.31. The van der Waals surface area contributed by atoms with Crippen molar-refractivity contribution in [3.8, 4) is 0 Å². The maximum atomic E-state index is 11.5. The molecule has 1 amide bonds. The molecule has 2 N–H and O–H groups in total. The quantitative estimate of drug-likeness (QED) is 0.830. The van der Waals surface area contributed by atoms with E-state index in [9.17, 15) is 4.79 Å². The van der Waals surface area contributed by atoms with Crippen molar-refractivity contribution in [1.82, 2.24) is 5.32 Å². The largest absolute Gasteiger partial charge is 0.394 e. The number of nitrogens with one attached hydrogen (secondary N) is 1. The van der Waals surface area contributed by atoms with Crippen molar-refractivity contribution in [2.45, 2.75) is 13.0 Å². The molecule has 3 nitrogen and oxygen atoms in total. The van der Waals surface area contributed by atoms with Gasteiger partial charge in [-0.15, -0.1) is 0 Å². The molecule has 0 fully saturated rings. The van der Waals surface area contributed by atoms with Crippen molar-refractivity contribution in [3.63, 3.8) is 0 Å². The fourth-order valence-corrected chi connectivity index (χ4v) is 1.53. The zero-order valence-electron chi connectivity index (χ0n) is 7.83. The van der Waals surface area contributed by atoms with Crippen LogP contribution in [0.5, 0.6) is 0 Å². The van der Waals surface area contributed by atoms with E-state index in [-0.39, 0.29) is 18.6 Å². The van der Waals surface area contributed by atoms with Gasteiger partial charge < -0.3 is 10.4 Å². The number of halogens is 1. The molecular formula is C10H12INO2. The molecule has 0 aromatic heterocycles. The molecule has 0 spiro atoms. The molecule has 0 heterocycles. The molecular weight excluding hydrogens is 293 g/mol. The Morgan fingerprint density at radius 3 is 2.93 bits per heavy atom. The summed E-state index contributed by atoms with van der Waals surface area (Å²) in [7, 11) is 0. The Labute approximate surface area is 96.7 Å². The second-order valence-corrected chi connectivity index (χ2v) is 4.31. The van der Waals surface area contributed by atoms with Crippen LogP contribution in [0.15, 0.2) is 24.3 Å². The lowest BCUT2D eigenvalue weighted by Crippen LogP contribution is -2.34. The van der Waals surface area contributed by atoms with Gasteiger partial charge in [-0.3, -0.25) is 4.79 Å². The lowest BCUT2D eigenvalue weighted by Gasteiger charge is -2.10. The number of rotatable bonds is 3. The van der Waals surface area contributed by atoms with Crippen LogP contribution in [0.2, 0.25) is 0 Å². The van der Waals surface area contributed by atoms with E-state index in [2.05, 4.69) is 27.9 Å². The van der Waals surface area contributed by atoms with Crippen LogP contribution in [0.3, 0.4) is 0 Å². The van der Waals surface area contributed by atoms with Crippen LogP contribution in [0.25, 0.3) is 0 Å². The highest BCUT2D eigenvalue weighted by Crippen LogP contribution is 2.07. The van der Waals surface area contributed by atoms with Gasteiger partial charge in [0.05, 0.1) is 6.61 Å². The van der Waals surface area contributed by atoms with Crippen LogP contribution in [-0.2, 0) is 0 Å². The molecule has 0 aliphatic carbocycles. The summed E-state index contributed by atoms with van der Waals surface area (Å²) in [5, 5.41) is 11.4. The standard InChI is InChI=1S/C10H12INO2/c1-7(6-13)12-10(14)8-3-2-4-9(11)5-8/h2-5,7,13H,6H2,1H3,(H,12,14)/t7-/m0/s1. The first-order valence-electron chi connectivity index (χ1n) is 4.30. The normalized spacial score (nSPS) is 12.2. The summed E-state index contributed by atoms with van der Waals surface area (Å²) in [6.07, 6.45) is 0. The van der Waals surface area contributed by atoms with Gasteiger partial charge in [-0.2, -0.15) is 0 Å². The molecule has 0 saturated carbocycles. The van der Waals surface area contributed by atoms with E-state index in [1.165, 1.54) is 0 Å². The minimum Gasteiger partial charge on any atom is -0.394 e. The second-order valence-electron chi connectivity index (χ2n) is 3.07. The number of hydrogen-bond donors (Lipinski definition) is 2. The van der Waals surface area contributed by atoms with Crippen LogP contribution in [0.4, 0.5) is 0 Å². The summed E-state index contributed by atoms with van der Waals surface area (Å²) in [4.78, 5) is 11.5. The maximum Gasteiger partial charge on any atom is 0.251 e. The highest BCUT2D eigenvalue weighted by Gasteiger charge is 2.08. The number of aliphatic hydroxyl groups is 1. The Kier molecular flexibility index (Phi) is 4.34. The molecule has 0 aliphatic rings. The summed E-state index contributed by atoms with van der Waals surface area (Å²) in [6, 6.07) is 7.11.